The quantitative estimate of drug-likeness (QED) is 0.0169. The van der Waals surface area contributed by atoms with Crippen LogP contribution in [0, 0.1) is 17.8 Å². The summed E-state index contributed by atoms with van der Waals surface area (Å²) in [7, 11) is -9.93. The molecule has 0 rings (SSSR count). The predicted molar refractivity (Wildman–Crippen MR) is 390 cm³/mol. The molecule has 17 nitrogen and oxygen atoms in total. The Hall–Kier alpha value is -2.46. The molecule has 2 unspecified atom stereocenters. The summed E-state index contributed by atoms with van der Waals surface area (Å²) >= 11 is 0. The minimum absolute atomic E-state index is 0.1000. The molecule has 0 radical (unpaired) electrons. The number of aliphatic hydroxyl groups is 1. The maximum Gasteiger partial charge on any atom is 0.472 e. The molecule has 0 aromatic rings. The summed E-state index contributed by atoms with van der Waals surface area (Å²) in [4.78, 5) is 72.9. The second-order valence-corrected chi connectivity index (χ2v) is 31.4. The van der Waals surface area contributed by atoms with E-state index in [2.05, 4.69) is 72.8 Å². The number of phosphoric ester groups is 2. The van der Waals surface area contributed by atoms with Crippen molar-refractivity contribution in [1.29, 1.82) is 0 Å². The molecule has 0 saturated carbocycles. The Morgan fingerprint density at radius 3 is 0.844 bits per heavy atom. The highest BCUT2D eigenvalue weighted by Gasteiger charge is 2.30. The van der Waals surface area contributed by atoms with Gasteiger partial charge < -0.3 is 33.8 Å². The van der Waals surface area contributed by atoms with E-state index in [1.54, 1.807) is 0 Å². The van der Waals surface area contributed by atoms with E-state index in [4.69, 9.17) is 37.0 Å². The fraction of sp³-hybridized carbons (Fsp3) is 0.896. The molecule has 5 atom stereocenters. The number of carbonyl (C=O) groups excluding carboxylic acids is 4. The first-order valence-electron chi connectivity index (χ1n) is 39.2. The largest absolute Gasteiger partial charge is 0.472 e. The highest BCUT2D eigenvalue weighted by atomic mass is 31.2. The van der Waals surface area contributed by atoms with E-state index in [0.717, 1.165) is 127 Å². The van der Waals surface area contributed by atoms with Crippen LogP contribution in [0.1, 0.15) is 370 Å². The maximum absolute atomic E-state index is 13.1. The molecule has 0 aromatic heterocycles. The van der Waals surface area contributed by atoms with Crippen molar-refractivity contribution >= 4 is 39.5 Å². The molecule has 0 aromatic carbocycles. The van der Waals surface area contributed by atoms with Gasteiger partial charge in [-0.25, -0.2) is 9.13 Å². The summed E-state index contributed by atoms with van der Waals surface area (Å²) in [5, 5.41) is 10.6. The van der Waals surface area contributed by atoms with E-state index in [0.29, 0.717) is 25.7 Å². The number of esters is 4. The Kier molecular flexibility index (Phi) is 65.3. The zero-order chi connectivity index (χ0) is 70.9. The van der Waals surface area contributed by atoms with E-state index in [-0.39, 0.29) is 25.7 Å². The molecule has 0 bridgehead atoms. The number of hydrogen-bond acceptors (Lipinski definition) is 15. The molecule has 566 valence electrons. The Morgan fingerprint density at radius 1 is 0.323 bits per heavy atom. The minimum Gasteiger partial charge on any atom is -0.462 e. The van der Waals surface area contributed by atoms with Crippen LogP contribution < -0.4 is 0 Å². The van der Waals surface area contributed by atoms with Gasteiger partial charge >= 0.3 is 39.5 Å². The van der Waals surface area contributed by atoms with Gasteiger partial charge in [0.2, 0.25) is 0 Å². The first-order valence-corrected chi connectivity index (χ1v) is 42.2. The lowest BCUT2D eigenvalue weighted by Gasteiger charge is -2.21. The summed E-state index contributed by atoms with van der Waals surface area (Å²) in [6.45, 7) is 11.8. The molecule has 0 heterocycles. The van der Waals surface area contributed by atoms with Gasteiger partial charge in [0.25, 0.3) is 0 Å². The van der Waals surface area contributed by atoms with Crippen molar-refractivity contribution in [3.05, 3.63) is 24.3 Å². The molecule has 19 heteroatoms. The number of ether oxygens (including phenoxy) is 4. The van der Waals surface area contributed by atoms with Gasteiger partial charge in [-0.3, -0.25) is 37.3 Å². The second-order valence-electron chi connectivity index (χ2n) is 28.5. The number of rotatable bonds is 73. The van der Waals surface area contributed by atoms with E-state index >= 15 is 0 Å². The molecule has 0 fully saturated rings. The zero-order valence-electron chi connectivity index (χ0n) is 62.3. The van der Waals surface area contributed by atoms with Crippen LogP contribution in [0.2, 0.25) is 0 Å². The van der Waals surface area contributed by atoms with Crippen molar-refractivity contribution < 1.29 is 80.2 Å². The van der Waals surface area contributed by atoms with Crippen LogP contribution in [0.3, 0.4) is 0 Å². The van der Waals surface area contributed by atoms with Crippen molar-refractivity contribution in [3.63, 3.8) is 0 Å². The molecule has 3 N–H and O–H groups in total. The number of allylic oxidation sites excluding steroid dienone is 4. The van der Waals surface area contributed by atoms with Crippen LogP contribution in [-0.2, 0) is 65.4 Å². The number of hydrogen-bond donors (Lipinski definition) is 3. The van der Waals surface area contributed by atoms with Gasteiger partial charge in [0.15, 0.2) is 12.2 Å². The lowest BCUT2D eigenvalue weighted by atomic mass is 10.0. The lowest BCUT2D eigenvalue weighted by molar-refractivity contribution is -0.161. The first kappa shape index (κ1) is 93.5. The van der Waals surface area contributed by atoms with Gasteiger partial charge in [-0.2, -0.15) is 0 Å². The minimum atomic E-state index is -4.97. The molecule has 0 aliphatic rings. The fourth-order valence-electron chi connectivity index (χ4n) is 11.2. The maximum atomic E-state index is 13.1. The molecule has 96 heavy (non-hydrogen) atoms. The number of phosphoric acid groups is 2. The van der Waals surface area contributed by atoms with Crippen LogP contribution in [0.15, 0.2) is 24.3 Å². The summed E-state index contributed by atoms with van der Waals surface area (Å²) in [6.07, 6.45) is 56.2. The normalized spacial score (nSPS) is 14.2. The van der Waals surface area contributed by atoms with E-state index < -0.39 is 97.5 Å². The average Bonchev–Trinajstić information content (AvgIpc) is 2.99. The van der Waals surface area contributed by atoms with Gasteiger partial charge in [0, 0.05) is 25.7 Å². The van der Waals surface area contributed by atoms with E-state index in [1.165, 1.54) is 161 Å². The molecule has 0 saturated heterocycles. The Bertz CT molecular complexity index is 1960. The van der Waals surface area contributed by atoms with Crippen LogP contribution in [0.4, 0.5) is 0 Å². The molecular weight excluding hydrogens is 1260 g/mol. The topological polar surface area (TPSA) is 237 Å². The highest BCUT2D eigenvalue weighted by molar-refractivity contribution is 7.47. The van der Waals surface area contributed by atoms with Crippen LogP contribution in [-0.4, -0.2) is 96.7 Å². The van der Waals surface area contributed by atoms with Gasteiger partial charge in [-0.05, 0) is 69.1 Å². The monoisotopic (exact) mass is 1410 g/mol. The van der Waals surface area contributed by atoms with Gasteiger partial charge in [-0.15, -0.1) is 0 Å². The zero-order valence-corrected chi connectivity index (χ0v) is 64.1. The third-order valence-electron chi connectivity index (χ3n) is 17.3. The molecule has 0 aliphatic carbocycles. The van der Waals surface area contributed by atoms with Gasteiger partial charge in [-0.1, -0.05) is 317 Å². The SMILES string of the molecule is CCCCCC/C=C\C=C/CCCCCCCC(=O)OC[C@H](COP(=O)(O)OC[C@@H](O)COP(=O)(O)OC[C@@H](COC(=O)CCCCCCCCCCCC(C)C)OC(=O)CCCCCCCCCCCCC(C)C)OC(=O)CCCCCCCCCCCCCCCC(C)C. The average molecular weight is 1410 g/mol. The van der Waals surface area contributed by atoms with Crippen molar-refractivity contribution in [2.45, 2.75) is 388 Å². The van der Waals surface area contributed by atoms with Crippen molar-refractivity contribution in [2.75, 3.05) is 39.6 Å². The predicted octanol–water partition coefficient (Wildman–Crippen LogP) is 22.1. The van der Waals surface area contributed by atoms with E-state index in [1.807, 2.05) is 0 Å². The highest BCUT2D eigenvalue weighted by Crippen LogP contribution is 2.45. The number of carbonyl (C=O) groups is 4. The van der Waals surface area contributed by atoms with Crippen molar-refractivity contribution in [1.82, 2.24) is 0 Å². The third-order valence-corrected chi connectivity index (χ3v) is 19.2. The summed E-state index contributed by atoms with van der Waals surface area (Å²) < 4.78 is 68.5. The van der Waals surface area contributed by atoms with Crippen LogP contribution >= 0.6 is 15.6 Å². The van der Waals surface area contributed by atoms with Gasteiger partial charge in [0.1, 0.15) is 19.3 Å². The number of aliphatic hydroxyl groups excluding tert-OH is 1. The van der Waals surface area contributed by atoms with Crippen molar-refractivity contribution in [3.8, 4) is 0 Å². The fourth-order valence-corrected chi connectivity index (χ4v) is 12.8. The molecule has 0 spiro atoms. The summed E-state index contributed by atoms with van der Waals surface area (Å²) in [5.41, 5.74) is 0. The molecule has 0 aliphatic heterocycles. The smallest absolute Gasteiger partial charge is 0.462 e. The second kappa shape index (κ2) is 67.1. The van der Waals surface area contributed by atoms with Gasteiger partial charge in [0.05, 0.1) is 26.4 Å². The van der Waals surface area contributed by atoms with E-state index in [9.17, 15) is 43.2 Å². The summed E-state index contributed by atoms with van der Waals surface area (Å²) in [5.74, 6) is 0.130. The Labute approximate surface area is 586 Å². The first-order chi connectivity index (χ1) is 46.2. The molecule has 0 amide bonds. The third kappa shape index (κ3) is 70.0. The lowest BCUT2D eigenvalue weighted by Crippen LogP contribution is -2.30. The van der Waals surface area contributed by atoms with Crippen LogP contribution in [0.5, 0.6) is 0 Å². The van der Waals surface area contributed by atoms with Crippen molar-refractivity contribution in [2.24, 2.45) is 17.8 Å². The molecular formula is C77H146O17P2. The van der Waals surface area contributed by atoms with Crippen LogP contribution in [0.25, 0.3) is 0 Å². The number of unbranched alkanes of at least 4 members (excludes halogenated alkanes) is 38. The standard InChI is InChI=1S/C77H146O17P2/c1-8-9-10-11-12-13-14-15-16-19-22-30-37-44-51-58-74(79)87-64-72(93-76(81)60-53-46-39-31-23-20-17-18-21-27-34-41-48-55-68(2)3)66-91-95(83,84)89-62-71(78)63-90-96(85,86)92-67-73(65-88-75(80)59-52-45-38-33-26-29-36-43-50-57-70(6)7)94-77(82)61-54-47-40-32-25-24-28-35-42-49-56-69(4)5/h13-16,68-73,78H,8-12,17-67H2,1-7H3,(H,83,84)(H,85,86)/b14-13-,16-15-/t71-,72-,73-/m1/s1. The Morgan fingerprint density at radius 2 is 0.562 bits per heavy atom. The summed E-state index contributed by atoms with van der Waals surface area (Å²) in [6, 6.07) is 0. The Balaban J connectivity index is 5.30.